The molecule has 0 bridgehead atoms. The first-order chi connectivity index (χ1) is 13.2. The van der Waals surface area contributed by atoms with E-state index in [1.54, 1.807) is 0 Å². The molecule has 8 heteroatoms. The van der Waals surface area contributed by atoms with E-state index in [-0.39, 0.29) is 24.2 Å². The number of piperidine rings is 1. The Morgan fingerprint density at radius 1 is 1.32 bits per heavy atom. The first-order valence-electron chi connectivity index (χ1n) is 9.61. The molecule has 0 saturated carbocycles. The third-order valence-electron chi connectivity index (χ3n) is 4.99. The fraction of sp³-hybridized carbons (Fsp3) is 0.550. The predicted molar refractivity (Wildman–Crippen MR) is 109 cm³/mol. The number of para-hydroxylation sites is 1. The number of carbonyl (C=O) groups excluding carboxylic acids is 1. The van der Waals surface area contributed by atoms with Gasteiger partial charge in [-0.3, -0.25) is 4.79 Å². The Hall–Kier alpha value is -2.12. The van der Waals surface area contributed by atoms with Crippen LogP contribution in [0.4, 0.5) is 0 Å². The molecule has 1 saturated heterocycles. The van der Waals surface area contributed by atoms with E-state index >= 15 is 0 Å². The summed E-state index contributed by atoms with van der Waals surface area (Å²) in [6, 6.07) is 9.88. The van der Waals surface area contributed by atoms with Crippen molar-refractivity contribution in [2.75, 3.05) is 26.7 Å². The van der Waals surface area contributed by atoms with E-state index in [2.05, 4.69) is 22.4 Å². The quantitative estimate of drug-likeness (QED) is 0.723. The molecular weight excluding hydrogens is 380 g/mol. The van der Waals surface area contributed by atoms with Gasteiger partial charge in [-0.1, -0.05) is 23.4 Å². The number of hydrogen-bond donors (Lipinski definition) is 1. The molecule has 0 spiro atoms. The molecule has 1 atom stereocenters. The van der Waals surface area contributed by atoms with Gasteiger partial charge in [0, 0.05) is 31.5 Å². The van der Waals surface area contributed by atoms with E-state index in [9.17, 15) is 4.79 Å². The third-order valence-corrected chi connectivity index (χ3v) is 4.99. The van der Waals surface area contributed by atoms with Gasteiger partial charge in [-0.15, -0.1) is 12.4 Å². The van der Waals surface area contributed by atoms with Gasteiger partial charge in [-0.2, -0.15) is 4.98 Å². The summed E-state index contributed by atoms with van der Waals surface area (Å²) in [5, 5.41) is 7.25. The van der Waals surface area contributed by atoms with Gasteiger partial charge in [0.15, 0.2) is 5.82 Å². The second-order valence-corrected chi connectivity index (χ2v) is 7.01. The lowest BCUT2D eigenvalue weighted by Gasteiger charge is -2.30. The normalized spacial score (nSPS) is 15.7. The summed E-state index contributed by atoms with van der Waals surface area (Å²) < 4.78 is 11.1. The zero-order valence-corrected chi connectivity index (χ0v) is 17.3. The minimum absolute atomic E-state index is 0. The van der Waals surface area contributed by atoms with Crippen LogP contribution in [0.1, 0.15) is 43.8 Å². The second kappa shape index (κ2) is 11.0. The first kappa shape index (κ1) is 22.2. The molecule has 1 unspecified atom stereocenters. The van der Waals surface area contributed by atoms with Gasteiger partial charge in [0.1, 0.15) is 5.75 Å². The van der Waals surface area contributed by atoms with Gasteiger partial charge in [0.25, 0.3) is 0 Å². The van der Waals surface area contributed by atoms with Crippen molar-refractivity contribution in [2.45, 2.75) is 44.6 Å². The predicted octanol–water partition coefficient (Wildman–Crippen LogP) is 2.82. The van der Waals surface area contributed by atoms with Crippen molar-refractivity contribution in [2.24, 2.45) is 0 Å². The SMILES string of the molecule is CNC(C)Cc1noc(C2CCN(C(=O)CCOc3ccccc3)CC2)n1.Cl. The van der Waals surface area contributed by atoms with Crippen molar-refractivity contribution >= 4 is 18.3 Å². The molecule has 3 rings (SSSR count). The molecule has 1 amide bonds. The second-order valence-electron chi connectivity index (χ2n) is 7.01. The van der Waals surface area contributed by atoms with E-state index in [0.29, 0.717) is 25.0 Å². The number of rotatable bonds is 8. The molecular formula is C20H29ClN4O3. The van der Waals surface area contributed by atoms with Gasteiger partial charge in [0.2, 0.25) is 11.8 Å². The van der Waals surface area contributed by atoms with Crippen LogP contribution in [0.3, 0.4) is 0 Å². The Balaban J connectivity index is 0.00000280. The molecule has 0 aliphatic carbocycles. The number of likely N-dealkylation sites (N-methyl/N-ethyl adjacent to an activating group) is 1. The lowest BCUT2D eigenvalue weighted by Crippen LogP contribution is -2.38. The van der Waals surface area contributed by atoms with Gasteiger partial charge in [-0.25, -0.2) is 0 Å². The Morgan fingerprint density at radius 2 is 2.04 bits per heavy atom. The fourth-order valence-electron chi connectivity index (χ4n) is 3.20. The summed E-state index contributed by atoms with van der Waals surface area (Å²) in [4.78, 5) is 18.8. The number of likely N-dealkylation sites (tertiary alicyclic amines) is 1. The van der Waals surface area contributed by atoms with E-state index in [0.717, 1.165) is 43.9 Å². The van der Waals surface area contributed by atoms with Crippen molar-refractivity contribution in [1.29, 1.82) is 0 Å². The van der Waals surface area contributed by atoms with Gasteiger partial charge in [-0.05, 0) is 38.9 Å². The Labute approximate surface area is 172 Å². The lowest BCUT2D eigenvalue weighted by molar-refractivity contribution is -0.132. The summed E-state index contributed by atoms with van der Waals surface area (Å²) in [6.45, 7) is 3.93. The number of carbonyl (C=O) groups is 1. The highest BCUT2D eigenvalue weighted by molar-refractivity contribution is 5.85. The van der Waals surface area contributed by atoms with Crippen molar-refractivity contribution in [3.8, 4) is 5.75 Å². The van der Waals surface area contributed by atoms with Crippen molar-refractivity contribution in [3.63, 3.8) is 0 Å². The highest BCUT2D eigenvalue weighted by Crippen LogP contribution is 2.27. The molecule has 2 heterocycles. The average Bonchev–Trinajstić information content (AvgIpc) is 3.17. The molecule has 1 N–H and O–H groups in total. The van der Waals surface area contributed by atoms with Crippen LogP contribution in [0.2, 0.25) is 0 Å². The maximum Gasteiger partial charge on any atom is 0.229 e. The molecule has 2 aromatic rings. The molecule has 7 nitrogen and oxygen atoms in total. The number of amides is 1. The maximum atomic E-state index is 12.4. The fourth-order valence-corrected chi connectivity index (χ4v) is 3.20. The number of halogens is 1. The molecule has 28 heavy (non-hydrogen) atoms. The van der Waals surface area contributed by atoms with Gasteiger partial charge >= 0.3 is 0 Å². The number of ether oxygens (including phenoxy) is 1. The van der Waals surface area contributed by atoms with Crippen LogP contribution in [0.25, 0.3) is 0 Å². The Morgan fingerprint density at radius 3 is 2.71 bits per heavy atom. The number of aromatic nitrogens is 2. The molecule has 0 radical (unpaired) electrons. The number of hydrogen-bond acceptors (Lipinski definition) is 6. The maximum absolute atomic E-state index is 12.4. The van der Waals surface area contributed by atoms with Crippen LogP contribution in [0.15, 0.2) is 34.9 Å². The molecule has 1 aliphatic heterocycles. The summed E-state index contributed by atoms with van der Waals surface area (Å²) >= 11 is 0. The van der Waals surface area contributed by atoms with Crippen LogP contribution in [-0.2, 0) is 11.2 Å². The Bertz CT molecular complexity index is 717. The number of benzene rings is 1. The minimum Gasteiger partial charge on any atom is -0.493 e. The smallest absolute Gasteiger partial charge is 0.229 e. The summed E-state index contributed by atoms with van der Waals surface area (Å²) in [5.74, 6) is 2.61. The summed E-state index contributed by atoms with van der Waals surface area (Å²) in [6.07, 6.45) is 2.86. The molecule has 1 aliphatic rings. The average molecular weight is 409 g/mol. The largest absolute Gasteiger partial charge is 0.493 e. The minimum atomic E-state index is 0. The molecule has 1 aromatic heterocycles. The lowest BCUT2D eigenvalue weighted by atomic mass is 9.96. The van der Waals surface area contributed by atoms with Crippen molar-refractivity contribution in [1.82, 2.24) is 20.4 Å². The topological polar surface area (TPSA) is 80.5 Å². The van der Waals surface area contributed by atoms with Crippen molar-refractivity contribution < 1.29 is 14.1 Å². The van der Waals surface area contributed by atoms with Crippen LogP contribution in [0.5, 0.6) is 5.75 Å². The van der Waals surface area contributed by atoms with Crippen LogP contribution < -0.4 is 10.1 Å². The summed E-state index contributed by atoms with van der Waals surface area (Å²) in [7, 11) is 1.92. The highest BCUT2D eigenvalue weighted by atomic mass is 35.5. The van der Waals surface area contributed by atoms with E-state index in [4.69, 9.17) is 9.26 Å². The van der Waals surface area contributed by atoms with Crippen LogP contribution >= 0.6 is 12.4 Å². The van der Waals surface area contributed by atoms with Crippen LogP contribution in [0, 0.1) is 0 Å². The molecule has 1 aromatic carbocycles. The standard InChI is InChI=1S/C20H28N4O3.ClH/c1-15(21-2)14-18-22-20(27-23-18)16-8-11-24(12-9-16)19(25)10-13-26-17-6-4-3-5-7-17;/h3-7,15-16,21H,8-14H2,1-2H3;1H. The zero-order chi connectivity index (χ0) is 19.1. The Kier molecular flexibility index (Phi) is 8.73. The summed E-state index contributed by atoms with van der Waals surface area (Å²) in [5.41, 5.74) is 0. The van der Waals surface area contributed by atoms with Gasteiger partial charge in [0.05, 0.1) is 13.0 Å². The monoisotopic (exact) mass is 408 g/mol. The molecule has 1 fully saturated rings. The van der Waals surface area contributed by atoms with E-state index in [1.165, 1.54) is 0 Å². The van der Waals surface area contributed by atoms with Gasteiger partial charge < -0.3 is 19.5 Å². The first-order valence-corrected chi connectivity index (χ1v) is 9.61. The van der Waals surface area contributed by atoms with E-state index < -0.39 is 0 Å². The third kappa shape index (κ3) is 6.21. The van der Waals surface area contributed by atoms with Crippen LogP contribution in [-0.4, -0.2) is 53.7 Å². The highest BCUT2D eigenvalue weighted by Gasteiger charge is 2.27. The number of nitrogens with zero attached hydrogens (tertiary/aromatic N) is 3. The molecule has 154 valence electrons. The number of nitrogens with one attached hydrogen (secondary N) is 1. The zero-order valence-electron chi connectivity index (χ0n) is 16.5. The van der Waals surface area contributed by atoms with E-state index in [1.807, 2.05) is 42.3 Å². The van der Waals surface area contributed by atoms with Crippen molar-refractivity contribution in [3.05, 3.63) is 42.0 Å².